The standard InChI is InChI=1S/C14H24N2O2S/c1-5-6-11(2)16-19(17,18)14-9-7-13(8-10-14)12(3)15-4/h7-12,15-16H,5-6H2,1-4H3. The Hall–Kier alpha value is -0.910. The smallest absolute Gasteiger partial charge is 0.240 e. The summed E-state index contributed by atoms with van der Waals surface area (Å²) in [6, 6.07) is 7.18. The van der Waals surface area contributed by atoms with Crippen LogP contribution in [-0.4, -0.2) is 21.5 Å². The minimum absolute atomic E-state index is 0.0362. The molecule has 1 aromatic carbocycles. The van der Waals surface area contributed by atoms with Crippen LogP contribution in [0.25, 0.3) is 0 Å². The molecule has 0 aliphatic carbocycles. The van der Waals surface area contributed by atoms with Gasteiger partial charge in [0, 0.05) is 12.1 Å². The van der Waals surface area contributed by atoms with Gasteiger partial charge in [-0.25, -0.2) is 13.1 Å². The van der Waals surface area contributed by atoms with Gasteiger partial charge in [-0.2, -0.15) is 0 Å². The fraction of sp³-hybridized carbons (Fsp3) is 0.571. The minimum atomic E-state index is -3.40. The molecule has 0 aliphatic rings. The first-order chi connectivity index (χ1) is 8.90. The summed E-state index contributed by atoms with van der Waals surface area (Å²) in [4.78, 5) is 0.322. The lowest BCUT2D eigenvalue weighted by Gasteiger charge is -2.14. The Bertz CT molecular complexity index is 483. The zero-order valence-corrected chi connectivity index (χ0v) is 12.9. The quantitative estimate of drug-likeness (QED) is 0.808. The number of sulfonamides is 1. The molecule has 2 unspecified atom stereocenters. The van der Waals surface area contributed by atoms with Gasteiger partial charge in [0.25, 0.3) is 0 Å². The summed E-state index contributed by atoms with van der Waals surface area (Å²) < 4.78 is 27.0. The number of nitrogens with one attached hydrogen (secondary N) is 2. The van der Waals surface area contributed by atoms with Crippen LogP contribution >= 0.6 is 0 Å². The van der Waals surface area contributed by atoms with Crippen molar-refractivity contribution in [2.75, 3.05) is 7.05 Å². The van der Waals surface area contributed by atoms with E-state index < -0.39 is 10.0 Å². The maximum atomic E-state index is 12.1. The van der Waals surface area contributed by atoms with Gasteiger partial charge in [-0.15, -0.1) is 0 Å². The topological polar surface area (TPSA) is 58.2 Å². The monoisotopic (exact) mass is 284 g/mol. The van der Waals surface area contributed by atoms with E-state index in [9.17, 15) is 8.42 Å². The van der Waals surface area contributed by atoms with Gasteiger partial charge in [0.05, 0.1) is 4.90 Å². The number of rotatable bonds is 7. The van der Waals surface area contributed by atoms with Gasteiger partial charge in [-0.05, 0) is 45.0 Å². The Kier molecular flexibility index (Phi) is 5.97. The molecule has 0 fully saturated rings. The van der Waals surface area contributed by atoms with E-state index in [1.165, 1.54) is 0 Å². The van der Waals surface area contributed by atoms with Crippen LogP contribution in [0.2, 0.25) is 0 Å². The number of hydrogen-bond donors (Lipinski definition) is 2. The molecule has 4 nitrogen and oxygen atoms in total. The Balaban J connectivity index is 2.85. The molecule has 2 N–H and O–H groups in total. The van der Waals surface area contributed by atoms with Crippen LogP contribution in [0.3, 0.4) is 0 Å². The highest BCUT2D eigenvalue weighted by Crippen LogP contribution is 2.16. The van der Waals surface area contributed by atoms with Crippen molar-refractivity contribution in [3.05, 3.63) is 29.8 Å². The van der Waals surface area contributed by atoms with E-state index in [4.69, 9.17) is 0 Å². The van der Waals surface area contributed by atoms with E-state index >= 15 is 0 Å². The SMILES string of the molecule is CCCC(C)NS(=O)(=O)c1ccc(C(C)NC)cc1. The van der Waals surface area contributed by atoms with Gasteiger partial charge >= 0.3 is 0 Å². The highest BCUT2D eigenvalue weighted by atomic mass is 32.2. The molecule has 0 saturated heterocycles. The predicted octanol–water partition coefficient (Wildman–Crippen LogP) is 2.43. The molecule has 0 radical (unpaired) electrons. The van der Waals surface area contributed by atoms with E-state index in [1.807, 2.05) is 40.0 Å². The Morgan fingerprint density at radius 1 is 1.16 bits per heavy atom. The van der Waals surface area contributed by atoms with Gasteiger partial charge in [-0.3, -0.25) is 0 Å². The number of hydrogen-bond acceptors (Lipinski definition) is 3. The Morgan fingerprint density at radius 3 is 2.21 bits per heavy atom. The molecule has 1 rings (SSSR count). The van der Waals surface area contributed by atoms with E-state index in [1.54, 1.807) is 12.1 Å². The second kappa shape index (κ2) is 7.03. The maximum Gasteiger partial charge on any atom is 0.240 e. The third-order valence-electron chi connectivity index (χ3n) is 3.20. The molecule has 1 aromatic rings. The Labute approximate surface area is 116 Å². The average molecular weight is 284 g/mol. The van der Waals surface area contributed by atoms with Crippen molar-refractivity contribution in [2.24, 2.45) is 0 Å². The third kappa shape index (κ3) is 4.60. The molecule has 0 amide bonds. The second-order valence-corrected chi connectivity index (χ2v) is 6.60. The van der Waals surface area contributed by atoms with Gasteiger partial charge in [0.1, 0.15) is 0 Å². The molecular weight excluding hydrogens is 260 g/mol. The van der Waals surface area contributed by atoms with E-state index in [2.05, 4.69) is 10.0 Å². The van der Waals surface area contributed by atoms with Crippen molar-refractivity contribution in [3.8, 4) is 0 Å². The lowest BCUT2D eigenvalue weighted by Crippen LogP contribution is -2.32. The summed E-state index contributed by atoms with van der Waals surface area (Å²) in [6.07, 6.45) is 1.80. The fourth-order valence-corrected chi connectivity index (χ4v) is 3.21. The van der Waals surface area contributed by atoms with Gasteiger partial charge < -0.3 is 5.32 Å². The van der Waals surface area contributed by atoms with E-state index in [0.29, 0.717) is 4.90 Å². The highest BCUT2D eigenvalue weighted by Gasteiger charge is 2.17. The van der Waals surface area contributed by atoms with Crippen LogP contribution in [0.5, 0.6) is 0 Å². The molecule has 0 saturated carbocycles. The van der Waals surface area contributed by atoms with Gasteiger partial charge in [0.2, 0.25) is 10.0 Å². The van der Waals surface area contributed by atoms with Crippen molar-refractivity contribution in [1.82, 2.24) is 10.0 Å². The van der Waals surface area contributed by atoms with E-state index in [0.717, 1.165) is 18.4 Å². The van der Waals surface area contributed by atoms with Crippen molar-refractivity contribution in [1.29, 1.82) is 0 Å². The summed E-state index contributed by atoms with van der Waals surface area (Å²) >= 11 is 0. The summed E-state index contributed by atoms with van der Waals surface area (Å²) in [5.74, 6) is 0. The average Bonchev–Trinajstić information content (AvgIpc) is 2.37. The second-order valence-electron chi connectivity index (χ2n) is 4.89. The summed E-state index contributed by atoms with van der Waals surface area (Å²) in [5, 5.41) is 3.12. The molecular formula is C14H24N2O2S. The first-order valence-electron chi connectivity index (χ1n) is 6.70. The molecule has 0 heterocycles. The first-order valence-corrected chi connectivity index (χ1v) is 8.18. The van der Waals surface area contributed by atoms with Crippen molar-refractivity contribution in [2.45, 2.75) is 50.6 Å². The molecule has 0 aromatic heterocycles. The fourth-order valence-electron chi connectivity index (χ4n) is 1.93. The zero-order valence-electron chi connectivity index (χ0n) is 12.1. The van der Waals surface area contributed by atoms with Crippen LogP contribution in [0.15, 0.2) is 29.2 Å². The van der Waals surface area contributed by atoms with Crippen LogP contribution in [0.4, 0.5) is 0 Å². The molecule has 2 atom stereocenters. The lowest BCUT2D eigenvalue weighted by atomic mass is 10.1. The molecule has 0 spiro atoms. The highest BCUT2D eigenvalue weighted by molar-refractivity contribution is 7.89. The summed E-state index contributed by atoms with van der Waals surface area (Å²) in [5.41, 5.74) is 1.07. The van der Waals surface area contributed by atoms with Crippen molar-refractivity contribution >= 4 is 10.0 Å². The van der Waals surface area contributed by atoms with Gasteiger partial charge in [-0.1, -0.05) is 25.5 Å². The third-order valence-corrected chi connectivity index (χ3v) is 4.81. The summed E-state index contributed by atoms with van der Waals surface area (Å²) in [6.45, 7) is 5.96. The zero-order chi connectivity index (χ0) is 14.5. The van der Waals surface area contributed by atoms with Gasteiger partial charge in [0.15, 0.2) is 0 Å². The molecule has 0 bridgehead atoms. The molecule has 0 aliphatic heterocycles. The van der Waals surface area contributed by atoms with Crippen molar-refractivity contribution in [3.63, 3.8) is 0 Å². The first kappa shape index (κ1) is 16.1. The van der Waals surface area contributed by atoms with Crippen LogP contribution < -0.4 is 10.0 Å². The minimum Gasteiger partial charge on any atom is -0.313 e. The van der Waals surface area contributed by atoms with Crippen molar-refractivity contribution < 1.29 is 8.42 Å². The number of benzene rings is 1. The predicted molar refractivity (Wildman–Crippen MR) is 78.6 cm³/mol. The Morgan fingerprint density at radius 2 is 1.74 bits per heavy atom. The van der Waals surface area contributed by atoms with Crippen LogP contribution in [0, 0.1) is 0 Å². The molecule has 108 valence electrons. The lowest BCUT2D eigenvalue weighted by molar-refractivity contribution is 0.544. The maximum absolute atomic E-state index is 12.1. The summed E-state index contributed by atoms with van der Waals surface area (Å²) in [7, 11) is -1.52. The molecule has 5 heteroatoms. The van der Waals surface area contributed by atoms with Crippen LogP contribution in [-0.2, 0) is 10.0 Å². The van der Waals surface area contributed by atoms with E-state index in [-0.39, 0.29) is 12.1 Å². The molecule has 19 heavy (non-hydrogen) atoms. The van der Waals surface area contributed by atoms with Crippen LogP contribution in [0.1, 0.15) is 45.2 Å². The largest absolute Gasteiger partial charge is 0.313 e. The normalized spacial score (nSPS) is 15.2.